The van der Waals surface area contributed by atoms with Gasteiger partial charge < -0.3 is 15.4 Å². The van der Waals surface area contributed by atoms with E-state index in [1.165, 1.54) is 19.2 Å². The van der Waals surface area contributed by atoms with Gasteiger partial charge in [0.15, 0.2) is 0 Å². The number of esters is 1. The van der Waals surface area contributed by atoms with Crippen LogP contribution in [0.4, 0.5) is 5.69 Å². The normalized spacial score (nSPS) is 10.8. The number of hydrogen-bond donors (Lipinski definition) is 2. The molecule has 2 amide bonds. The fourth-order valence-electron chi connectivity index (χ4n) is 2.72. The van der Waals surface area contributed by atoms with Crippen molar-refractivity contribution in [1.82, 2.24) is 5.32 Å². The lowest BCUT2D eigenvalue weighted by Gasteiger charge is -2.12. The van der Waals surface area contributed by atoms with Gasteiger partial charge in [-0.25, -0.2) is 4.79 Å². The monoisotopic (exact) mass is 434 g/mol. The van der Waals surface area contributed by atoms with Gasteiger partial charge in [-0.15, -0.1) is 0 Å². The largest absolute Gasteiger partial charge is 0.465 e. The first-order valence-electron chi connectivity index (χ1n) is 9.30. The number of nitrogens with one attached hydrogen (secondary N) is 2. The lowest BCUT2D eigenvalue weighted by molar-refractivity contribution is -0.113. The Bertz CT molecular complexity index is 1130. The standard InChI is InChI=1S/C24H19ClN2O4/c1-31-24(30)17-11-13-18(14-12-17)26-23(29)21(15-16-7-3-2-4-8-16)27-22(28)19-9-5-6-10-20(19)25/h2-15H,1H3,(H,26,29)(H,27,28)/b21-15+. The third-order valence-electron chi connectivity index (χ3n) is 4.29. The summed E-state index contributed by atoms with van der Waals surface area (Å²) in [4.78, 5) is 37.2. The van der Waals surface area contributed by atoms with Crippen LogP contribution in [0, 0.1) is 0 Å². The van der Waals surface area contributed by atoms with Crippen molar-refractivity contribution in [2.24, 2.45) is 0 Å². The molecule has 7 heteroatoms. The molecule has 3 rings (SSSR count). The quantitative estimate of drug-likeness (QED) is 0.440. The van der Waals surface area contributed by atoms with Crippen LogP contribution < -0.4 is 10.6 Å². The first kappa shape index (κ1) is 21.8. The van der Waals surface area contributed by atoms with Crippen LogP contribution in [0.1, 0.15) is 26.3 Å². The number of ether oxygens (including phenoxy) is 1. The van der Waals surface area contributed by atoms with E-state index in [0.29, 0.717) is 11.3 Å². The molecule has 0 aliphatic rings. The molecule has 0 aromatic heterocycles. The SMILES string of the molecule is COC(=O)c1ccc(NC(=O)/C(=C\c2ccccc2)NC(=O)c2ccccc2Cl)cc1. The maximum atomic E-state index is 12.9. The summed E-state index contributed by atoms with van der Waals surface area (Å²) in [5.41, 5.74) is 1.82. The van der Waals surface area contributed by atoms with E-state index in [0.717, 1.165) is 5.56 Å². The maximum absolute atomic E-state index is 12.9. The molecule has 0 heterocycles. The van der Waals surface area contributed by atoms with E-state index in [-0.39, 0.29) is 16.3 Å². The van der Waals surface area contributed by atoms with Crippen LogP contribution in [-0.2, 0) is 9.53 Å². The van der Waals surface area contributed by atoms with Gasteiger partial charge in [0.25, 0.3) is 11.8 Å². The fourth-order valence-corrected chi connectivity index (χ4v) is 2.94. The average Bonchev–Trinajstić information content (AvgIpc) is 2.79. The minimum absolute atomic E-state index is 0.0353. The summed E-state index contributed by atoms with van der Waals surface area (Å²) in [5, 5.41) is 5.62. The number of carbonyl (C=O) groups is 3. The minimum atomic E-state index is -0.532. The lowest BCUT2D eigenvalue weighted by Crippen LogP contribution is -2.31. The van der Waals surface area contributed by atoms with Gasteiger partial charge in [-0.1, -0.05) is 54.1 Å². The number of rotatable bonds is 6. The smallest absolute Gasteiger partial charge is 0.337 e. The Morgan fingerprint density at radius 1 is 0.871 bits per heavy atom. The van der Waals surface area contributed by atoms with Gasteiger partial charge in [-0.3, -0.25) is 9.59 Å². The van der Waals surface area contributed by atoms with Crippen molar-refractivity contribution in [2.75, 3.05) is 12.4 Å². The van der Waals surface area contributed by atoms with Crippen molar-refractivity contribution in [2.45, 2.75) is 0 Å². The Morgan fingerprint density at radius 2 is 1.52 bits per heavy atom. The highest BCUT2D eigenvalue weighted by atomic mass is 35.5. The molecule has 31 heavy (non-hydrogen) atoms. The third-order valence-corrected chi connectivity index (χ3v) is 4.62. The Hall–Kier alpha value is -3.90. The van der Waals surface area contributed by atoms with Gasteiger partial charge in [0.1, 0.15) is 5.70 Å². The van der Waals surface area contributed by atoms with E-state index in [2.05, 4.69) is 15.4 Å². The Morgan fingerprint density at radius 3 is 2.16 bits per heavy atom. The number of halogens is 1. The van der Waals surface area contributed by atoms with Crippen molar-refractivity contribution >= 4 is 41.1 Å². The molecule has 0 aliphatic heterocycles. The fraction of sp³-hybridized carbons (Fsp3) is 0.0417. The van der Waals surface area contributed by atoms with Gasteiger partial charge in [0.05, 0.1) is 23.3 Å². The van der Waals surface area contributed by atoms with Crippen LogP contribution in [0.2, 0.25) is 5.02 Å². The second-order valence-electron chi connectivity index (χ2n) is 6.43. The van der Waals surface area contributed by atoms with Crippen LogP contribution in [0.25, 0.3) is 6.08 Å². The van der Waals surface area contributed by atoms with E-state index < -0.39 is 17.8 Å². The molecule has 3 aromatic rings. The molecule has 6 nitrogen and oxygen atoms in total. The molecule has 0 atom stereocenters. The Balaban J connectivity index is 1.85. The van der Waals surface area contributed by atoms with Crippen LogP contribution in [0.3, 0.4) is 0 Å². The summed E-state index contributed by atoms with van der Waals surface area (Å²) in [6.45, 7) is 0. The predicted octanol–water partition coefficient (Wildman–Crippen LogP) is 4.54. The van der Waals surface area contributed by atoms with E-state index in [1.807, 2.05) is 18.2 Å². The summed E-state index contributed by atoms with van der Waals surface area (Å²) >= 11 is 6.11. The molecular formula is C24H19ClN2O4. The average molecular weight is 435 g/mol. The third kappa shape index (κ3) is 5.81. The number of amides is 2. The van der Waals surface area contributed by atoms with Gasteiger partial charge in [0, 0.05) is 5.69 Å². The zero-order valence-electron chi connectivity index (χ0n) is 16.6. The highest BCUT2D eigenvalue weighted by molar-refractivity contribution is 6.34. The maximum Gasteiger partial charge on any atom is 0.337 e. The Kier molecular flexibility index (Phi) is 7.19. The van der Waals surface area contributed by atoms with Crippen LogP contribution in [-0.4, -0.2) is 24.9 Å². The van der Waals surface area contributed by atoms with Gasteiger partial charge in [-0.05, 0) is 48.0 Å². The lowest BCUT2D eigenvalue weighted by atomic mass is 10.1. The zero-order valence-corrected chi connectivity index (χ0v) is 17.3. The highest BCUT2D eigenvalue weighted by Gasteiger charge is 2.17. The first-order chi connectivity index (χ1) is 15.0. The highest BCUT2D eigenvalue weighted by Crippen LogP contribution is 2.17. The minimum Gasteiger partial charge on any atom is -0.465 e. The molecule has 0 spiro atoms. The van der Waals surface area contributed by atoms with E-state index in [4.69, 9.17) is 11.6 Å². The summed E-state index contributed by atoms with van der Waals surface area (Å²) in [6.07, 6.45) is 1.56. The van der Waals surface area contributed by atoms with Crippen molar-refractivity contribution in [3.63, 3.8) is 0 Å². The van der Waals surface area contributed by atoms with Crippen LogP contribution >= 0.6 is 11.6 Å². The summed E-state index contributed by atoms with van der Waals surface area (Å²) in [6, 6.07) is 21.9. The number of anilines is 1. The van der Waals surface area contributed by atoms with E-state index >= 15 is 0 Å². The number of benzene rings is 3. The van der Waals surface area contributed by atoms with E-state index in [1.54, 1.807) is 54.6 Å². The summed E-state index contributed by atoms with van der Waals surface area (Å²) in [7, 11) is 1.29. The number of carbonyl (C=O) groups excluding carboxylic acids is 3. The molecule has 0 saturated carbocycles. The zero-order chi connectivity index (χ0) is 22.2. The van der Waals surface area contributed by atoms with Gasteiger partial charge in [0.2, 0.25) is 0 Å². The molecule has 156 valence electrons. The van der Waals surface area contributed by atoms with E-state index in [9.17, 15) is 14.4 Å². The summed E-state index contributed by atoms with van der Waals surface area (Å²) < 4.78 is 4.66. The molecule has 0 aliphatic carbocycles. The number of methoxy groups -OCH3 is 1. The van der Waals surface area contributed by atoms with Crippen molar-refractivity contribution in [3.8, 4) is 0 Å². The predicted molar refractivity (Wildman–Crippen MR) is 120 cm³/mol. The molecule has 3 aromatic carbocycles. The molecule has 0 radical (unpaired) electrons. The van der Waals surface area contributed by atoms with Gasteiger partial charge >= 0.3 is 5.97 Å². The summed E-state index contributed by atoms with van der Waals surface area (Å²) in [5.74, 6) is -1.52. The second kappa shape index (κ2) is 10.2. The topological polar surface area (TPSA) is 84.5 Å². The molecule has 0 fully saturated rings. The first-order valence-corrected chi connectivity index (χ1v) is 9.68. The second-order valence-corrected chi connectivity index (χ2v) is 6.83. The molecular weight excluding hydrogens is 416 g/mol. The molecule has 2 N–H and O–H groups in total. The van der Waals surface area contributed by atoms with Crippen molar-refractivity contribution < 1.29 is 19.1 Å². The number of hydrogen-bond acceptors (Lipinski definition) is 4. The molecule has 0 saturated heterocycles. The molecule has 0 unspecified atom stereocenters. The van der Waals surface area contributed by atoms with Gasteiger partial charge in [-0.2, -0.15) is 0 Å². The van der Waals surface area contributed by atoms with Crippen molar-refractivity contribution in [3.05, 3.63) is 106 Å². The Labute approximate surface area is 184 Å². The van der Waals surface area contributed by atoms with Crippen molar-refractivity contribution in [1.29, 1.82) is 0 Å². The molecule has 0 bridgehead atoms. The van der Waals surface area contributed by atoms with Crippen LogP contribution in [0.5, 0.6) is 0 Å². The van der Waals surface area contributed by atoms with Crippen LogP contribution in [0.15, 0.2) is 84.6 Å².